The molecule has 0 saturated heterocycles. The molecule has 14 heavy (non-hydrogen) atoms. The molecule has 1 atom stereocenters. The molecule has 76 valence electrons. The minimum atomic E-state index is -0.456. The molecular weight excluding hydrogens is 262 g/mol. The fourth-order valence-electron chi connectivity index (χ4n) is 1.10. The maximum Gasteiger partial charge on any atom is 0.202 e. The lowest BCUT2D eigenvalue weighted by Crippen LogP contribution is -2.27. The quantitative estimate of drug-likeness (QED) is 0.826. The summed E-state index contributed by atoms with van der Waals surface area (Å²) in [4.78, 5) is 10.8. The predicted molar refractivity (Wildman–Crippen MR) is 64.4 cm³/mol. The van der Waals surface area contributed by atoms with Gasteiger partial charge in [-0.1, -0.05) is 28.1 Å². The van der Waals surface area contributed by atoms with Crippen molar-refractivity contribution in [3.05, 3.63) is 34.3 Å². The van der Waals surface area contributed by atoms with Crippen molar-refractivity contribution in [1.82, 2.24) is 0 Å². The Bertz CT molecular complexity index is 312. The van der Waals surface area contributed by atoms with Crippen molar-refractivity contribution in [3.8, 4) is 0 Å². The van der Waals surface area contributed by atoms with Crippen LogP contribution in [0.1, 0.15) is 12.0 Å². The van der Waals surface area contributed by atoms with E-state index < -0.39 is 6.04 Å². The zero-order valence-electron chi connectivity index (χ0n) is 7.61. The van der Waals surface area contributed by atoms with E-state index >= 15 is 0 Å². The van der Waals surface area contributed by atoms with Gasteiger partial charge >= 0.3 is 0 Å². The highest BCUT2D eigenvalue weighted by Gasteiger charge is 2.08. The predicted octanol–water partition coefficient (Wildman–Crippen LogP) is 2.17. The number of hydrogen-bond acceptors (Lipinski definition) is 2. The number of aryl methyl sites for hydroxylation is 1. The number of carbonyl (C=O) groups excluding carboxylic acids is 1. The number of rotatable bonds is 4. The number of benzene rings is 1. The third-order valence-corrected chi connectivity index (χ3v) is 2.83. The molecule has 0 aromatic heterocycles. The molecule has 1 rings (SSSR count). The van der Waals surface area contributed by atoms with Gasteiger partial charge in [-0.25, -0.2) is 0 Å². The molecule has 0 bridgehead atoms. The fourth-order valence-corrected chi connectivity index (χ4v) is 1.49. The van der Waals surface area contributed by atoms with Crippen LogP contribution in [-0.2, 0) is 11.2 Å². The summed E-state index contributed by atoms with van der Waals surface area (Å²) in [5.41, 5.74) is 6.74. The van der Waals surface area contributed by atoms with Crippen molar-refractivity contribution >= 4 is 33.7 Å². The average molecular weight is 274 g/mol. The second kappa shape index (κ2) is 5.53. The van der Waals surface area contributed by atoms with Crippen LogP contribution in [-0.4, -0.2) is 11.2 Å². The smallest absolute Gasteiger partial charge is 0.202 e. The molecule has 1 aromatic carbocycles. The number of carbonyl (C=O) groups is 1. The summed E-state index contributed by atoms with van der Waals surface area (Å²) in [6.07, 6.45) is 1.45. The number of hydrogen-bond donors (Lipinski definition) is 2. The van der Waals surface area contributed by atoms with Crippen LogP contribution in [0.3, 0.4) is 0 Å². The Morgan fingerprint density at radius 1 is 1.43 bits per heavy atom. The van der Waals surface area contributed by atoms with Crippen molar-refractivity contribution in [2.24, 2.45) is 5.73 Å². The van der Waals surface area contributed by atoms with E-state index in [1.54, 1.807) is 0 Å². The average Bonchev–Trinajstić information content (AvgIpc) is 2.16. The monoisotopic (exact) mass is 273 g/mol. The molecule has 0 radical (unpaired) electrons. The Morgan fingerprint density at radius 2 is 2.00 bits per heavy atom. The first-order valence-corrected chi connectivity index (χ1v) is 5.56. The summed E-state index contributed by atoms with van der Waals surface area (Å²) in [6.45, 7) is 0. The molecule has 0 unspecified atom stereocenters. The Kier molecular flexibility index (Phi) is 4.65. The standard InChI is InChI=1S/C10H12BrNOS/c11-8-4-1-7(2-5-8)3-6-9(12)10(13)14/h1-2,4-5,9H,3,6,12H2,(H,13,14)/t9-/m0/s1. The van der Waals surface area contributed by atoms with Crippen molar-refractivity contribution in [2.75, 3.05) is 0 Å². The summed E-state index contributed by atoms with van der Waals surface area (Å²) >= 11 is 7.04. The lowest BCUT2D eigenvalue weighted by atomic mass is 10.1. The van der Waals surface area contributed by atoms with Gasteiger partial charge in [0.05, 0.1) is 6.04 Å². The minimum Gasteiger partial charge on any atom is -0.321 e. The fraction of sp³-hybridized carbons (Fsp3) is 0.300. The SMILES string of the molecule is N[C@@H](CCc1ccc(Br)cc1)C(=O)S. The molecule has 0 aliphatic rings. The van der Waals surface area contributed by atoms with E-state index in [9.17, 15) is 4.79 Å². The van der Waals surface area contributed by atoms with Gasteiger partial charge in [0, 0.05) is 4.47 Å². The zero-order chi connectivity index (χ0) is 10.6. The molecule has 4 heteroatoms. The molecule has 2 N–H and O–H groups in total. The highest BCUT2D eigenvalue weighted by atomic mass is 79.9. The van der Waals surface area contributed by atoms with Gasteiger partial charge < -0.3 is 5.73 Å². The molecular formula is C10H12BrNOS. The first-order valence-electron chi connectivity index (χ1n) is 4.32. The van der Waals surface area contributed by atoms with Gasteiger partial charge in [0.2, 0.25) is 5.12 Å². The lowest BCUT2D eigenvalue weighted by molar-refractivity contribution is -0.112. The molecule has 0 fully saturated rings. The third kappa shape index (κ3) is 3.82. The Labute approximate surface area is 97.4 Å². The van der Waals surface area contributed by atoms with Gasteiger partial charge in [0.15, 0.2) is 0 Å². The molecule has 1 aromatic rings. The molecule has 2 nitrogen and oxygen atoms in total. The summed E-state index contributed by atoms with van der Waals surface area (Å²) in [5.74, 6) is 0. The van der Waals surface area contributed by atoms with E-state index in [-0.39, 0.29) is 5.12 Å². The minimum absolute atomic E-state index is 0.248. The Hall–Kier alpha value is -0.320. The van der Waals surface area contributed by atoms with E-state index in [4.69, 9.17) is 5.73 Å². The summed E-state index contributed by atoms with van der Waals surface area (Å²) in [7, 11) is 0. The van der Waals surface area contributed by atoms with Gasteiger partial charge in [-0.15, -0.1) is 12.6 Å². The Balaban J connectivity index is 2.46. The lowest BCUT2D eigenvalue weighted by Gasteiger charge is -2.06. The van der Waals surface area contributed by atoms with Crippen LogP contribution >= 0.6 is 28.6 Å². The first kappa shape index (κ1) is 11.8. The van der Waals surface area contributed by atoms with Crippen molar-refractivity contribution in [1.29, 1.82) is 0 Å². The highest BCUT2D eigenvalue weighted by Crippen LogP contribution is 2.12. The van der Waals surface area contributed by atoms with Crippen LogP contribution in [0.4, 0.5) is 0 Å². The van der Waals surface area contributed by atoms with Crippen LogP contribution < -0.4 is 5.73 Å². The second-order valence-corrected chi connectivity index (χ2v) is 4.47. The van der Waals surface area contributed by atoms with E-state index in [1.807, 2.05) is 24.3 Å². The van der Waals surface area contributed by atoms with Crippen LogP contribution in [0.2, 0.25) is 0 Å². The van der Waals surface area contributed by atoms with E-state index in [0.717, 1.165) is 10.9 Å². The van der Waals surface area contributed by atoms with Gasteiger partial charge in [0.1, 0.15) is 0 Å². The van der Waals surface area contributed by atoms with E-state index in [0.29, 0.717) is 6.42 Å². The summed E-state index contributed by atoms with van der Waals surface area (Å²) in [6, 6.07) is 7.52. The third-order valence-electron chi connectivity index (χ3n) is 1.97. The van der Waals surface area contributed by atoms with Gasteiger partial charge in [0.25, 0.3) is 0 Å². The number of nitrogens with two attached hydrogens (primary N) is 1. The normalized spacial score (nSPS) is 12.5. The topological polar surface area (TPSA) is 43.1 Å². The molecule has 0 saturated carbocycles. The molecule has 0 heterocycles. The number of halogens is 1. The molecule has 0 aliphatic carbocycles. The molecule has 0 spiro atoms. The van der Waals surface area contributed by atoms with E-state index in [1.165, 1.54) is 5.56 Å². The van der Waals surface area contributed by atoms with Crippen LogP contribution in [0.5, 0.6) is 0 Å². The van der Waals surface area contributed by atoms with Crippen LogP contribution in [0.25, 0.3) is 0 Å². The molecule has 0 aliphatic heterocycles. The maximum atomic E-state index is 10.8. The van der Waals surface area contributed by atoms with Crippen LogP contribution in [0.15, 0.2) is 28.7 Å². The first-order chi connectivity index (χ1) is 6.59. The van der Waals surface area contributed by atoms with Gasteiger partial charge in [-0.3, -0.25) is 4.79 Å². The number of thiol groups is 1. The van der Waals surface area contributed by atoms with Crippen molar-refractivity contribution in [3.63, 3.8) is 0 Å². The zero-order valence-corrected chi connectivity index (χ0v) is 10.1. The van der Waals surface area contributed by atoms with Crippen molar-refractivity contribution in [2.45, 2.75) is 18.9 Å². The van der Waals surface area contributed by atoms with Crippen molar-refractivity contribution < 1.29 is 4.79 Å². The Morgan fingerprint density at radius 3 is 2.50 bits per heavy atom. The highest BCUT2D eigenvalue weighted by molar-refractivity contribution is 9.10. The largest absolute Gasteiger partial charge is 0.321 e. The van der Waals surface area contributed by atoms with Crippen LogP contribution in [0, 0.1) is 0 Å². The summed E-state index contributed by atoms with van der Waals surface area (Å²) < 4.78 is 1.05. The van der Waals surface area contributed by atoms with Gasteiger partial charge in [-0.2, -0.15) is 0 Å². The maximum absolute atomic E-state index is 10.8. The molecule has 0 amide bonds. The second-order valence-electron chi connectivity index (χ2n) is 3.11. The van der Waals surface area contributed by atoms with E-state index in [2.05, 4.69) is 28.6 Å². The van der Waals surface area contributed by atoms with Gasteiger partial charge in [-0.05, 0) is 30.5 Å². The summed E-state index contributed by atoms with van der Waals surface area (Å²) in [5, 5.41) is -0.248.